The maximum Gasteiger partial charge on any atom is 0.313 e. The normalized spacial score (nSPS) is 15.3. The third kappa shape index (κ3) is 2.42. The predicted octanol–water partition coefficient (Wildman–Crippen LogP) is 2.37. The van der Waals surface area contributed by atoms with Crippen LogP contribution in [0.4, 0.5) is 0 Å². The van der Waals surface area contributed by atoms with Gasteiger partial charge in [0.15, 0.2) is 11.5 Å². The lowest BCUT2D eigenvalue weighted by atomic mass is 9.88. The zero-order valence-electron chi connectivity index (χ0n) is 10.9. The average Bonchev–Trinajstić information content (AvgIpc) is 2.38. The van der Waals surface area contributed by atoms with Crippen molar-refractivity contribution >= 4 is 5.97 Å². The molecule has 0 fully saturated rings. The minimum Gasteiger partial charge on any atom is -0.486 e. The highest BCUT2D eigenvalue weighted by atomic mass is 16.6. The predicted molar refractivity (Wildman–Crippen MR) is 67.0 cm³/mol. The van der Waals surface area contributed by atoms with Crippen molar-refractivity contribution in [2.45, 2.75) is 19.8 Å². The Labute approximate surface area is 107 Å². The van der Waals surface area contributed by atoms with Crippen molar-refractivity contribution in [2.24, 2.45) is 5.92 Å². The molecule has 0 saturated carbocycles. The molecular formula is C14H18O4. The summed E-state index contributed by atoms with van der Waals surface area (Å²) in [5, 5.41) is 0. The molecule has 0 saturated heterocycles. The minimum atomic E-state index is -0.272. The summed E-state index contributed by atoms with van der Waals surface area (Å²) in [7, 11) is 1.41. The highest BCUT2D eigenvalue weighted by Gasteiger charge is 2.26. The smallest absolute Gasteiger partial charge is 0.313 e. The SMILES string of the molecule is COC(=O)C(c1ccc2c(c1)OCCO2)C(C)C. The molecule has 1 aromatic carbocycles. The molecule has 0 aromatic heterocycles. The number of benzene rings is 1. The van der Waals surface area contributed by atoms with Crippen LogP contribution in [0.25, 0.3) is 0 Å². The molecule has 4 nitrogen and oxygen atoms in total. The topological polar surface area (TPSA) is 44.8 Å². The van der Waals surface area contributed by atoms with Crippen LogP contribution < -0.4 is 9.47 Å². The van der Waals surface area contributed by atoms with Crippen LogP contribution in [0.2, 0.25) is 0 Å². The molecule has 1 aromatic rings. The maximum absolute atomic E-state index is 11.8. The molecule has 1 aliphatic heterocycles. The highest BCUT2D eigenvalue weighted by molar-refractivity contribution is 5.78. The Morgan fingerprint density at radius 2 is 1.89 bits per heavy atom. The van der Waals surface area contributed by atoms with Crippen molar-refractivity contribution in [3.05, 3.63) is 23.8 Å². The molecule has 0 bridgehead atoms. The number of hydrogen-bond donors (Lipinski definition) is 0. The van der Waals surface area contributed by atoms with Gasteiger partial charge >= 0.3 is 5.97 Å². The molecule has 18 heavy (non-hydrogen) atoms. The molecule has 0 radical (unpaired) electrons. The van der Waals surface area contributed by atoms with Gasteiger partial charge < -0.3 is 14.2 Å². The van der Waals surface area contributed by atoms with Gasteiger partial charge in [0.2, 0.25) is 0 Å². The lowest BCUT2D eigenvalue weighted by Crippen LogP contribution is -2.20. The van der Waals surface area contributed by atoms with Gasteiger partial charge in [0.25, 0.3) is 0 Å². The van der Waals surface area contributed by atoms with Crippen LogP contribution in [0.1, 0.15) is 25.3 Å². The van der Waals surface area contributed by atoms with Crippen LogP contribution in [0, 0.1) is 5.92 Å². The van der Waals surface area contributed by atoms with Crippen LogP contribution in [-0.2, 0) is 9.53 Å². The largest absolute Gasteiger partial charge is 0.486 e. The van der Waals surface area contributed by atoms with Gasteiger partial charge in [-0.1, -0.05) is 19.9 Å². The molecule has 2 rings (SSSR count). The van der Waals surface area contributed by atoms with E-state index in [4.69, 9.17) is 14.2 Å². The lowest BCUT2D eigenvalue weighted by Gasteiger charge is -2.22. The Morgan fingerprint density at radius 1 is 1.22 bits per heavy atom. The second-order valence-corrected chi connectivity index (χ2v) is 4.65. The summed E-state index contributed by atoms with van der Waals surface area (Å²) in [6, 6.07) is 5.62. The highest BCUT2D eigenvalue weighted by Crippen LogP contribution is 2.35. The Balaban J connectivity index is 2.33. The summed E-state index contributed by atoms with van der Waals surface area (Å²) in [5.74, 6) is 1.11. The van der Waals surface area contributed by atoms with Crippen LogP contribution >= 0.6 is 0 Å². The van der Waals surface area contributed by atoms with E-state index < -0.39 is 0 Å². The summed E-state index contributed by atoms with van der Waals surface area (Å²) in [4.78, 5) is 11.8. The fraction of sp³-hybridized carbons (Fsp3) is 0.500. The van der Waals surface area contributed by atoms with E-state index in [0.717, 1.165) is 11.3 Å². The Kier molecular flexibility index (Phi) is 3.75. The van der Waals surface area contributed by atoms with E-state index in [0.29, 0.717) is 19.0 Å². The maximum atomic E-state index is 11.8. The van der Waals surface area contributed by atoms with Crippen molar-refractivity contribution in [3.63, 3.8) is 0 Å². The van der Waals surface area contributed by atoms with Crippen LogP contribution in [0.5, 0.6) is 11.5 Å². The standard InChI is InChI=1S/C14H18O4/c1-9(2)13(14(15)16-3)10-4-5-11-12(8-10)18-7-6-17-11/h4-5,8-9,13H,6-7H2,1-3H3. The zero-order chi connectivity index (χ0) is 13.1. The number of rotatable bonds is 3. The molecule has 0 amide bonds. The fourth-order valence-electron chi connectivity index (χ4n) is 2.17. The first-order valence-corrected chi connectivity index (χ1v) is 6.11. The van der Waals surface area contributed by atoms with E-state index in [-0.39, 0.29) is 17.8 Å². The lowest BCUT2D eigenvalue weighted by molar-refractivity contribution is -0.143. The van der Waals surface area contributed by atoms with Crippen LogP contribution in [-0.4, -0.2) is 26.3 Å². The van der Waals surface area contributed by atoms with Gasteiger partial charge in [0.1, 0.15) is 13.2 Å². The average molecular weight is 250 g/mol. The molecule has 98 valence electrons. The molecule has 0 aliphatic carbocycles. The van der Waals surface area contributed by atoms with E-state index in [2.05, 4.69) is 0 Å². The number of methoxy groups -OCH3 is 1. The quantitative estimate of drug-likeness (QED) is 0.772. The van der Waals surface area contributed by atoms with Crippen molar-refractivity contribution in [1.29, 1.82) is 0 Å². The number of carbonyl (C=O) groups is 1. The summed E-state index contributed by atoms with van der Waals surface area (Å²) in [5.41, 5.74) is 0.904. The summed E-state index contributed by atoms with van der Waals surface area (Å²) < 4.78 is 15.9. The Hall–Kier alpha value is -1.71. The summed E-state index contributed by atoms with van der Waals surface area (Å²) in [6.45, 7) is 5.11. The summed E-state index contributed by atoms with van der Waals surface area (Å²) in [6.07, 6.45) is 0. The third-order valence-corrected chi connectivity index (χ3v) is 3.05. The summed E-state index contributed by atoms with van der Waals surface area (Å²) >= 11 is 0. The first-order valence-electron chi connectivity index (χ1n) is 6.11. The molecular weight excluding hydrogens is 232 g/mol. The minimum absolute atomic E-state index is 0.167. The third-order valence-electron chi connectivity index (χ3n) is 3.05. The number of carbonyl (C=O) groups excluding carboxylic acids is 1. The Morgan fingerprint density at radius 3 is 2.50 bits per heavy atom. The molecule has 1 unspecified atom stereocenters. The molecule has 4 heteroatoms. The molecule has 0 spiro atoms. The van der Waals surface area contributed by atoms with Crippen LogP contribution in [0.3, 0.4) is 0 Å². The van der Waals surface area contributed by atoms with Crippen molar-refractivity contribution < 1.29 is 19.0 Å². The van der Waals surface area contributed by atoms with Gasteiger partial charge in [-0.15, -0.1) is 0 Å². The number of hydrogen-bond acceptors (Lipinski definition) is 4. The van der Waals surface area contributed by atoms with Crippen LogP contribution in [0.15, 0.2) is 18.2 Å². The number of esters is 1. The van der Waals surface area contributed by atoms with Gasteiger partial charge in [0.05, 0.1) is 13.0 Å². The van der Waals surface area contributed by atoms with Gasteiger partial charge in [-0.25, -0.2) is 0 Å². The second-order valence-electron chi connectivity index (χ2n) is 4.65. The van der Waals surface area contributed by atoms with Gasteiger partial charge in [-0.2, -0.15) is 0 Å². The van der Waals surface area contributed by atoms with Gasteiger partial charge in [0, 0.05) is 0 Å². The van der Waals surface area contributed by atoms with Crippen molar-refractivity contribution in [3.8, 4) is 11.5 Å². The molecule has 0 N–H and O–H groups in total. The fourth-order valence-corrected chi connectivity index (χ4v) is 2.17. The first kappa shape index (κ1) is 12.7. The van der Waals surface area contributed by atoms with Gasteiger partial charge in [-0.05, 0) is 23.6 Å². The van der Waals surface area contributed by atoms with E-state index in [1.807, 2.05) is 32.0 Å². The van der Waals surface area contributed by atoms with E-state index in [1.165, 1.54) is 7.11 Å². The second kappa shape index (κ2) is 5.29. The van der Waals surface area contributed by atoms with E-state index >= 15 is 0 Å². The monoisotopic (exact) mass is 250 g/mol. The van der Waals surface area contributed by atoms with Crippen molar-refractivity contribution in [2.75, 3.05) is 20.3 Å². The van der Waals surface area contributed by atoms with E-state index in [9.17, 15) is 4.79 Å². The number of ether oxygens (including phenoxy) is 3. The van der Waals surface area contributed by atoms with E-state index in [1.54, 1.807) is 0 Å². The number of fused-ring (bicyclic) bond motifs is 1. The Bertz CT molecular complexity index is 439. The van der Waals surface area contributed by atoms with Crippen molar-refractivity contribution in [1.82, 2.24) is 0 Å². The molecule has 1 heterocycles. The van der Waals surface area contributed by atoms with Gasteiger partial charge in [-0.3, -0.25) is 4.79 Å². The molecule has 1 atom stereocenters. The zero-order valence-corrected chi connectivity index (χ0v) is 10.9. The first-order chi connectivity index (χ1) is 8.63. The molecule has 1 aliphatic rings.